The second-order valence-electron chi connectivity index (χ2n) is 1.68. The topological polar surface area (TPSA) is 38.3 Å². The van der Waals surface area contributed by atoms with Crippen LogP contribution >= 0.6 is 0 Å². The van der Waals surface area contributed by atoms with E-state index in [1.54, 1.807) is 0 Å². The van der Waals surface area contributed by atoms with Crippen LogP contribution in [0.25, 0.3) is 0 Å². The standard InChI is InChI=1S/C6H7NO2/c1-4-5(9-2)3-6(8)7-4/h3H,1H2,2H3,(H,7,8). The van der Waals surface area contributed by atoms with Crippen LogP contribution in [-0.2, 0) is 9.53 Å². The lowest BCUT2D eigenvalue weighted by Gasteiger charge is -1.98. The molecule has 0 radical (unpaired) electrons. The molecule has 0 unspecified atom stereocenters. The summed E-state index contributed by atoms with van der Waals surface area (Å²) in [6.07, 6.45) is 1.36. The third-order valence-corrected chi connectivity index (χ3v) is 1.05. The van der Waals surface area contributed by atoms with Gasteiger partial charge in [-0.3, -0.25) is 4.79 Å². The Labute approximate surface area is 53.0 Å². The van der Waals surface area contributed by atoms with Gasteiger partial charge in [0.25, 0.3) is 5.91 Å². The molecule has 1 aliphatic rings. The van der Waals surface area contributed by atoms with E-state index in [0.29, 0.717) is 11.5 Å². The maximum absolute atomic E-state index is 10.5. The Morgan fingerprint density at radius 1 is 1.78 bits per heavy atom. The summed E-state index contributed by atoms with van der Waals surface area (Å²) in [6, 6.07) is 0. The molecule has 0 aromatic heterocycles. The largest absolute Gasteiger partial charge is 0.494 e. The number of ether oxygens (including phenoxy) is 1. The first-order valence-corrected chi connectivity index (χ1v) is 2.50. The normalized spacial score (nSPS) is 17.2. The van der Waals surface area contributed by atoms with Gasteiger partial charge < -0.3 is 10.1 Å². The molecule has 1 amide bonds. The number of rotatable bonds is 1. The highest BCUT2D eigenvalue weighted by Crippen LogP contribution is 2.10. The number of hydrogen-bond donors (Lipinski definition) is 1. The quantitative estimate of drug-likeness (QED) is 0.542. The molecule has 9 heavy (non-hydrogen) atoms. The molecule has 0 bridgehead atoms. The van der Waals surface area contributed by atoms with E-state index in [0.717, 1.165) is 0 Å². The fraction of sp³-hybridized carbons (Fsp3) is 0.167. The van der Waals surface area contributed by atoms with Gasteiger partial charge in [-0.1, -0.05) is 6.58 Å². The molecule has 0 saturated carbocycles. The highest BCUT2D eigenvalue weighted by Gasteiger charge is 2.14. The fourth-order valence-corrected chi connectivity index (χ4v) is 0.635. The van der Waals surface area contributed by atoms with E-state index < -0.39 is 0 Å². The molecule has 0 atom stereocenters. The number of hydrogen-bond acceptors (Lipinski definition) is 2. The van der Waals surface area contributed by atoms with Gasteiger partial charge in [0.2, 0.25) is 0 Å². The summed E-state index contributed by atoms with van der Waals surface area (Å²) >= 11 is 0. The smallest absolute Gasteiger partial charge is 0.252 e. The molecule has 48 valence electrons. The first-order chi connectivity index (χ1) is 4.24. The molecule has 0 aliphatic carbocycles. The van der Waals surface area contributed by atoms with E-state index in [1.807, 2.05) is 0 Å². The second-order valence-corrected chi connectivity index (χ2v) is 1.68. The Hall–Kier alpha value is -1.25. The fourth-order valence-electron chi connectivity index (χ4n) is 0.635. The van der Waals surface area contributed by atoms with Crippen LogP contribution < -0.4 is 5.32 Å². The van der Waals surface area contributed by atoms with Crippen molar-refractivity contribution >= 4 is 5.91 Å². The van der Waals surface area contributed by atoms with Crippen LogP contribution in [0.1, 0.15) is 0 Å². The van der Waals surface area contributed by atoms with Crippen molar-refractivity contribution in [2.45, 2.75) is 0 Å². The van der Waals surface area contributed by atoms with Crippen LogP contribution in [0.3, 0.4) is 0 Å². The predicted octanol–water partition coefficient (Wildman–Crippen LogP) is 0.160. The molecule has 0 saturated heterocycles. The van der Waals surface area contributed by atoms with Gasteiger partial charge in [-0.15, -0.1) is 0 Å². The van der Waals surface area contributed by atoms with E-state index in [-0.39, 0.29) is 5.91 Å². The van der Waals surface area contributed by atoms with Crippen molar-refractivity contribution in [1.82, 2.24) is 5.32 Å². The molecule has 1 aliphatic heterocycles. The zero-order chi connectivity index (χ0) is 6.85. The van der Waals surface area contributed by atoms with E-state index in [4.69, 9.17) is 4.74 Å². The van der Waals surface area contributed by atoms with Gasteiger partial charge in [0.15, 0.2) is 0 Å². The Bertz CT molecular complexity index is 193. The second kappa shape index (κ2) is 1.93. The summed E-state index contributed by atoms with van der Waals surface area (Å²) in [4.78, 5) is 10.5. The predicted molar refractivity (Wildman–Crippen MR) is 32.4 cm³/mol. The average molecular weight is 125 g/mol. The summed E-state index contributed by atoms with van der Waals surface area (Å²) < 4.78 is 4.77. The first-order valence-electron chi connectivity index (χ1n) is 2.50. The third-order valence-electron chi connectivity index (χ3n) is 1.05. The monoisotopic (exact) mass is 125 g/mol. The zero-order valence-electron chi connectivity index (χ0n) is 5.10. The molecule has 3 heteroatoms. The Balaban J connectivity index is 2.80. The van der Waals surface area contributed by atoms with Gasteiger partial charge in [0.05, 0.1) is 12.8 Å². The van der Waals surface area contributed by atoms with Crippen LogP contribution in [0.5, 0.6) is 0 Å². The summed E-state index contributed by atoms with van der Waals surface area (Å²) in [5, 5.41) is 2.47. The SMILES string of the molecule is C=C1NC(=O)C=C1OC. The van der Waals surface area contributed by atoms with Crippen molar-refractivity contribution in [3.05, 3.63) is 24.1 Å². The minimum absolute atomic E-state index is 0.170. The highest BCUT2D eigenvalue weighted by atomic mass is 16.5. The minimum Gasteiger partial charge on any atom is -0.494 e. The van der Waals surface area contributed by atoms with Gasteiger partial charge in [-0.2, -0.15) is 0 Å². The van der Waals surface area contributed by atoms with Gasteiger partial charge in [0.1, 0.15) is 5.76 Å². The lowest BCUT2D eigenvalue weighted by Crippen LogP contribution is -2.12. The highest BCUT2D eigenvalue weighted by molar-refractivity contribution is 5.93. The van der Waals surface area contributed by atoms with Gasteiger partial charge >= 0.3 is 0 Å². The summed E-state index contributed by atoms with van der Waals surface area (Å²) in [7, 11) is 1.50. The van der Waals surface area contributed by atoms with Crippen molar-refractivity contribution in [3.63, 3.8) is 0 Å². The van der Waals surface area contributed by atoms with Crippen molar-refractivity contribution in [1.29, 1.82) is 0 Å². The minimum atomic E-state index is -0.170. The van der Waals surface area contributed by atoms with Crippen LogP contribution in [0.15, 0.2) is 24.1 Å². The molecule has 0 aromatic carbocycles. The molecule has 0 aromatic rings. The number of carbonyl (C=O) groups excluding carboxylic acids is 1. The molecule has 1 N–H and O–H groups in total. The van der Waals surface area contributed by atoms with E-state index in [9.17, 15) is 4.79 Å². The molecular formula is C6H7NO2. The van der Waals surface area contributed by atoms with Crippen LogP contribution in [0, 0.1) is 0 Å². The van der Waals surface area contributed by atoms with Crippen molar-refractivity contribution < 1.29 is 9.53 Å². The van der Waals surface area contributed by atoms with Crippen LogP contribution in [0.4, 0.5) is 0 Å². The lowest BCUT2D eigenvalue weighted by atomic mass is 10.4. The lowest BCUT2D eigenvalue weighted by molar-refractivity contribution is -0.115. The molecule has 1 heterocycles. The molecular weight excluding hydrogens is 118 g/mol. The van der Waals surface area contributed by atoms with E-state index in [1.165, 1.54) is 13.2 Å². The third kappa shape index (κ3) is 0.937. The van der Waals surface area contributed by atoms with Crippen molar-refractivity contribution in [2.24, 2.45) is 0 Å². The summed E-state index contributed by atoms with van der Waals surface area (Å²) in [5.41, 5.74) is 0.530. The first kappa shape index (κ1) is 5.88. The number of amides is 1. The van der Waals surface area contributed by atoms with E-state index >= 15 is 0 Å². The number of nitrogens with one attached hydrogen (secondary N) is 1. The molecule has 0 spiro atoms. The van der Waals surface area contributed by atoms with Gasteiger partial charge in [-0.05, 0) is 0 Å². The maximum Gasteiger partial charge on any atom is 0.252 e. The van der Waals surface area contributed by atoms with Crippen molar-refractivity contribution in [3.8, 4) is 0 Å². The Kier molecular flexibility index (Phi) is 1.26. The van der Waals surface area contributed by atoms with Crippen LogP contribution in [-0.4, -0.2) is 13.0 Å². The summed E-state index contributed by atoms with van der Waals surface area (Å²) in [5.74, 6) is 0.344. The average Bonchev–Trinajstić information content (AvgIpc) is 2.10. The molecule has 1 rings (SSSR count). The van der Waals surface area contributed by atoms with Crippen molar-refractivity contribution in [2.75, 3.05) is 7.11 Å². The van der Waals surface area contributed by atoms with Gasteiger partial charge in [0, 0.05) is 6.08 Å². The van der Waals surface area contributed by atoms with E-state index in [2.05, 4.69) is 11.9 Å². The Morgan fingerprint density at radius 2 is 2.44 bits per heavy atom. The number of carbonyl (C=O) groups is 1. The molecule has 3 nitrogen and oxygen atoms in total. The van der Waals surface area contributed by atoms with Gasteiger partial charge in [-0.25, -0.2) is 0 Å². The molecule has 0 fully saturated rings. The number of methoxy groups -OCH3 is 1. The van der Waals surface area contributed by atoms with Crippen LogP contribution in [0.2, 0.25) is 0 Å². The zero-order valence-corrected chi connectivity index (χ0v) is 5.10. The maximum atomic E-state index is 10.5. The Morgan fingerprint density at radius 3 is 2.67 bits per heavy atom. The summed E-state index contributed by atoms with van der Waals surface area (Å²) in [6.45, 7) is 3.53.